The lowest BCUT2D eigenvalue weighted by atomic mass is 10.0. The molecule has 0 aromatic heterocycles. The molecule has 88 valence electrons. The summed E-state index contributed by atoms with van der Waals surface area (Å²) in [6.45, 7) is 3.45. The summed E-state index contributed by atoms with van der Waals surface area (Å²) in [7, 11) is 0. The third-order valence-corrected chi connectivity index (χ3v) is 2.67. The zero-order valence-corrected chi connectivity index (χ0v) is 9.69. The molecule has 1 aromatic rings. The lowest BCUT2D eigenvalue weighted by Gasteiger charge is -2.10. The third-order valence-electron chi connectivity index (χ3n) is 2.67. The monoisotopic (exact) mass is 221 g/mol. The van der Waals surface area contributed by atoms with Crippen LogP contribution in [0.5, 0.6) is 0 Å². The Balaban J connectivity index is 1.90. The molecule has 2 rings (SSSR count). The quantitative estimate of drug-likeness (QED) is 0.837. The van der Waals surface area contributed by atoms with E-state index < -0.39 is 0 Å². The summed E-state index contributed by atoms with van der Waals surface area (Å²) in [5, 5.41) is 0. The van der Waals surface area contributed by atoms with Crippen LogP contribution in [0.2, 0.25) is 0 Å². The Morgan fingerprint density at radius 1 is 1.19 bits per heavy atom. The van der Waals surface area contributed by atoms with Gasteiger partial charge in [0.05, 0.1) is 13.2 Å². The van der Waals surface area contributed by atoms with Gasteiger partial charge in [-0.05, 0) is 24.5 Å². The van der Waals surface area contributed by atoms with Gasteiger partial charge in [0.15, 0.2) is 6.29 Å². The molecule has 1 unspecified atom stereocenters. The van der Waals surface area contributed by atoms with Crippen LogP contribution in [0.4, 0.5) is 0 Å². The molecule has 2 N–H and O–H groups in total. The standard InChI is InChI=1S/C13H19NO2/c1-10(14)8-11-2-4-12(5-3-11)9-13-15-6-7-16-13/h2-5,10,13H,6-9,14H2,1H3. The van der Waals surface area contributed by atoms with Crippen LogP contribution in [0, 0.1) is 0 Å². The van der Waals surface area contributed by atoms with E-state index in [1.165, 1.54) is 11.1 Å². The molecule has 1 aliphatic heterocycles. The van der Waals surface area contributed by atoms with Gasteiger partial charge in [0.2, 0.25) is 0 Å². The topological polar surface area (TPSA) is 44.5 Å². The van der Waals surface area contributed by atoms with Crippen LogP contribution in [0.25, 0.3) is 0 Å². The van der Waals surface area contributed by atoms with Crippen molar-refractivity contribution < 1.29 is 9.47 Å². The predicted octanol–water partition coefficient (Wildman–Crippen LogP) is 1.49. The number of rotatable bonds is 4. The van der Waals surface area contributed by atoms with Crippen LogP contribution in [0.1, 0.15) is 18.1 Å². The van der Waals surface area contributed by atoms with Gasteiger partial charge in [-0.25, -0.2) is 0 Å². The minimum absolute atomic E-state index is 0.0562. The van der Waals surface area contributed by atoms with E-state index in [9.17, 15) is 0 Å². The van der Waals surface area contributed by atoms with Gasteiger partial charge in [0.1, 0.15) is 0 Å². The molecule has 3 heteroatoms. The molecule has 0 bridgehead atoms. The maximum absolute atomic E-state index is 5.75. The van der Waals surface area contributed by atoms with Crippen LogP contribution in [-0.2, 0) is 22.3 Å². The molecular formula is C13H19NO2. The first kappa shape index (κ1) is 11.6. The second kappa shape index (κ2) is 5.43. The van der Waals surface area contributed by atoms with Crippen molar-refractivity contribution in [2.45, 2.75) is 32.1 Å². The minimum atomic E-state index is -0.0562. The van der Waals surface area contributed by atoms with E-state index >= 15 is 0 Å². The molecule has 3 nitrogen and oxygen atoms in total. The molecule has 1 heterocycles. The van der Waals surface area contributed by atoms with Gasteiger partial charge < -0.3 is 15.2 Å². The summed E-state index contributed by atoms with van der Waals surface area (Å²) in [6.07, 6.45) is 1.70. The van der Waals surface area contributed by atoms with Crippen molar-refractivity contribution in [2.75, 3.05) is 13.2 Å². The molecule has 1 atom stereocenters. The average Bonchev–Trinajstić information content (AvgIpc) is 2.73. The highest BCUT2D eigenvalue weighted by Gasteiger charge is 2.15. The van der Waals surface area contributed by atoms with E-state index in [1.807, 2.05) is 6.92 Å². The van der Waals surface area contributed by atoms with Crippen LogP contribution in [0.3, 0.4) is 0 Å². The molecule has 16 heavy (non-hydrogen) atoms. The van der Waals surface area contributed by atoms with E-state index in [-0.39, 0.29) is 12.3 Å². The fourth-order valence-corrected chi connectivity index (χ4v) is 1.90. The first-order valence-electron chi connectivity index (χ1n) is 5.80. The SMILES string of the molecule is CC(N)Cc1ccc(CC2OCCO2)cc1. The third kappa shape index (κ3) is 3.30. The summed E-state index contributed by atoms with van der Waals surface area (Å²) in [5.74, 6) is 0. The van der Waals surface area contributed by atoms with E-state index in [0.717, 1.165) is 12.8 Å². The first-order valence-corrected chi connectivity index (χ1v) is 5.80. The number of ether oxygens (including phenoxy) is 2. The molecule has 0 amide bonds. The first-order chi connectivity index (χ1) is 7.74. The highest BCUT2D eigenvalue weighted by Crippen LogP contribution is 2.13. The molecule has 1 aromatic carbocycles. The van der Waals surface area contributed by atoms with Crippen molar-refractivity contribution >= 4 is 0 Å². The van der Waals surface area contributed by atoms with Gasteiger partial charge in [-0.3, -0.25) is 0 Å². The molecule has 1 aliphatic rings. The molecular weight excluding hydrogens is 202 g/mol. The van der Waals surface area contributed by atoms with Crippen molar-refractivity contribution in [3.05, 3.63) is 35.4 Å². The van der Waals surface area contributed by atoms with E-state index in [1.54, 1.807) is 0 Å². The van der Waals surface area contributed by atoms with Crippen molar-refractivity contribution in [3.63, 3.8) is 0 Å². The molecule has 0 radical (unpaired) electrons. The maximum Gasteiger partial charge on any atom is 0.161 e. The summed E-state index contributed by atoms with van der Waals surface area (Å²) in [5.41, 5.74) is 8.29. The van der Waals surface area contributed by atoms with Gasteiger partial charge in [0, 0.05) is 12.5 Å². The van der Waals surface area contributed by atoms with Crippen molar-refractivity contribution in [2.24, 2.45) is 5.73 Å². The summed E-state index contributed by atoms with van der Waals surface area (Å²) in [6, 6.07) is 8.74. The number of hydrogen-bond donors (Lipinski definition) is 1. The predicted molar refractivity (Wildman–Crippen MR) is 63.2 cm³/mol. The second-order valence-electron chi connectivity index (χ2n) is 4.37. The Hall–Kier alpha value is -0.900. The van der Waals surface area contributed by atoms with Crippen LogP contribution >= 0.6 is 0 Å². The van der Waals surface area contributed by atoms with E-state index in [2.05, 4.69) is 24.3 Å². The lowest BCUT2D eigenvalue weighted by Crippen LogP contribution is -2.17. The molecule has 1 fully saturated rings. The summed E-state index contributed by atoms with van der Waals surface area (Å²) >= 11 is 0. The van der Waals surface area contributed by atoms with Crippen molar-refractivity contribution in [3.8, 4) is 0 Å². The second-order valence-corrected chi connectivity index (χ2v) is 4.37. The lowest BCUT2D eigenvalue weighted by molar-refractivity contribution is -0.0399. The van der Waals surface area contributed by atoms with Gasteiger partial charge in [-0.15, -0.1) is 0 Å². The molecule has 1 saturated heterocycles. The minimum Gasteiger partial charge on any atom is -0.350 e. The number of nitrogens with two attached hydrogens (primary N) is 1. The Kier molecular flexibility index (Phi) is 3.93. The van der Waals surface area contributed by atoms with Crippen LogP contribution in [0.15, 0.2) is 24.3 Å². The smallest absolute Gasteiger partial charge is 0.161 e. The van der Waals surface area contributed by atoms with Gasteiger partial charge in [-0.1, -0.05) is 24.3 Å². The van der Waals surface area contributed by atoms with E-state index in [4.69, 9.17) is 15.2 Å². The Labute approximate surface area is 96.5 Å². The van der Waals surface area contributed by atoms with Gasteiger partial charge in [0.25, 0.3) is 0 Å². The molecule has 0 aliphatic carbocycles. The fraction of sp³-hybridized carbons (Fsp3) is 0.538. The largest absolute Gasteiger partial charge is 0.350 e. The zero-order valence-electron chi connectivity index (χ0n) is 9.69. The normalized spacial score (nSPS) is 18.9. The molecule has 0 saturated carbocycles. The maximum atomic E-state index is 5.75. The summed E-state index contributed by atoms with van der Waals surface area (Å²) in [4.78, 5) is 0. The number of benzene rings is 1. The highest BCUT2D eigenvalue weighted by molar-refractivity contribution is 5.23. The number of hydrogen-bond acceptors (Lipinski definition) is 3. The van der Waals surface area contributed by atoms with Crippen molar-refractivity contribution in [1.82, 2.24) is 0 Å². The highest BCUT2D eigenvalue weighted by atomic mass is 16.7. The van der Waals surface area contributed by atoms with E-state index in [0.29, 0.717) is 13.2 Å². The Bertz CT molecular complexity index is 315. The van der Waals surface area contributed by atoms with Crippen LogP contribution in [-0.4, -0.2) is 25.5 Å². The summed E-state index contributed by atoms with van der Waals surface area (Å²) < 4.78 is 10.8. The Morgan fingerprint density at radius 2 is 1.75 bits per heavy atom. The van der Waals surface area contributed by atoms with Crippen molar-refractivity contribution in [1.29, 1.82) is 0 Å². The van der Waals surface area contributed by atoms with Gasteiger partial charge >= 0.3 is 0 Å². The average molecular weight is 221 g/mol. The van der Waals surface area contributed by atoms with Crippen LogP contribution < -0.4 is 5.73 Å². The molecule has 0 spiro atoms. The fourth-order valence-electron chi connectivity index (χ4n) is 1.90. The van der Waals surface area contributed by atoms with Gasteiger partial charge in [-0.2, -0.15) is 0 Å². The Morgan fingerprint density at radius 3 is 2.31 bits per heavy atom. The zero-order chi connectivity index (χ0) is 11.4.